The van der Waals surface area contributed by atoms with Gasteiger partial charge in [-0.15, -0.1) is 24.0 Å². The highest BCUT2D eigenvalue weighted by molar-refractivity contribution is 14.0. The molecule has 1 saturated heterocycles. The first-order valence-corrected chi connectivity index (χ1v) is 9.08. The van der Waals surface area contributed by atoms with Crippen molar-refractivity contribution in [3.05, 3.63) is 12.2 Å². The Kier molecular flexibility index (Phi) is 9.75. The first-order chi connectivity index (χ1) is 9.85. The van der Waals surface area contributed by atoms with E-state index in [4.69, 9.17) is 0 Å². The Morgan fingerprint density at radius 3 is 2.76 bits per heavy atom. The predicted molar refractivity (Wildman–Crippen MR) is 105 cm³/mol. The van der Waals surface area contributed by atoms with Crippen LogP contribution in [-0.4, -0.2) is 73.6 Å². The van der Waals surface area contributed by atoms with Gasteiger partial charge in [-0.2, -0.15) is 11.8 Å². The molecule has 122 valence electrons. The van der Waals surface area contributed by atoms with Gasteiger partial charge in [0.05, 0.1) is 0 Å². The first kappa shape index (κ1) is 19.1. The van der Waals surface area contributed by atoms with Crippen molar-refractivity contribution in [1.29, 1.82) is 0 Å². The van der Waals surface area contributed by atoms with Crippen LogP contribution in [-0.2, 0) is 0 Å². The average molecular weight is 424 g/mol. The topological polar surface area (TPSA) is 30.9 Å². The molecular formula is C15H29IN4S. The van der Waals surface area contributed by atoms with Gasteiger partial charge < -0.3 is 10.2 Å². The summed E-state index contributed by atoms with van der Waals surface area (Å²) in [4.78, 5) is 9.42. The summed E-state index contributed by atoms with van der Waals surface area (Å²) in [6.45, 7) is 5.54. The summed E-state index contributed by atoms with van der Waals surface area (Å²) in [7, 11) is 1.90. The molecule has 0 spiro atoms. The van der Waals surface area contributed by atoms with Crippen molar-refractivity contribution in [3.8, 4) is 0 Å². The third-order valence-electron chi connectivity index (χ3n) is 4.10. The van der Waals surface area contributed by atoms with E-state index in [0.29, 0.717) is 6.04 Å². The van der Waals surface area contributed by atoms with E-state index in [1.165, 1.54) is 25.0 Å². The maximum atomic E-state index is 4.44. The molecule has 1 fully saturated rings. The molecule has 0 saturated carbocycles. The van der Waals surface area contributed by atoms with Gasteiger partial charge in [0.1, 0.15) is 0 Å². The Balaban J connectivity index is 0.00000220. The third-order valence-corrected chi connectivity index (χ3v) is 4.79. The Bertz CT molecular complexity index is 341. The van der Waals surface area contributed by atoms with Crippen molar-refractivity contribution in [2.45, 2.75) is 25.3 Å². The van der Waals surface area contributed by atoms with Crippen molar-refractivity contribution < 1.29 is 0 Å². The zero-order chi connectivity index (χ0) is 14.2. The molecule has 2 aliphatic heterocycles. The van der Waals surface area contributed by atoms with Gasteiger partial charge in [0, 0.05) is 45.8 Å². The van der Waals surface area contributed by atoms with Crippen molar-refractivity contribution in [2.75, 3.05) is 51.8 Å². The lowest BCUT2D eigenvalue weighted by Crippen LogP contribution is -2.43. The second-order valence-corrected chi connectivity index (χ2v) is 6.47. The van der Waals surface area contributed by atoms with Gasteiger partial charge >= 0.3 is 0 Å². The Morgan fingerprint density at radius 2 is 2.10 bits per heavy atom. The van der Waals surface area contributed by atoms with E-state index < -0.39 is 0 Å². The average Bonchev–Trinajstić information content (AvgIpc) is 3.12. The van der Waals surface area contributed by atoms with Crippen LogP contribution in [0, 0.1) is 0 Å². The summed E-state index contributed by atoms with van der Waals surface area (Å²) in [5.41, 5.74) is 0. The normalized spacial score (nSPS) is 22.7. The number of hydrogen-bond donors (Lipinski definition) is 1. The Hall–Kier alpha value is 0.0500. The van der Waals surface area contributed by atoms with Gasteiger partial charge in [0.25, 0.3) is 0 Å². The van der Waals surface area contributed by atoms with E-state index in [1.54, 1.807) is 0 Å². The van der Waals surface area contributed by atoms with Crippen LogP contribution < -0.4 is 5.32 Å². The summed E-state index contributed by atoms with van der Waals surface area (Å²) >= 11 is 1.93. The van der Waals surface area contributed by atoms with Crippen LogP contribution in [0.2, 0.25) is 0 Å². The number of nitrogens with one attached hydrogen (secondary N) is 1. The molecule has 0 aliphatic carbocycles. The number of aliphatic imine (C=N–C) groups is 1. The number of hydrogen-bond acceptors (Lipinski definition) is 3. The lowest BCUT2D eigenvalue weighted by molar-refractivity contribution is 0.259. The molecule has 6 heteroatoms. The molecular weight excluding hydrogens is 395 g/mol. The molecule has 1 unspecified atom stereocenters. The SMILES string of the molecule is CN=C(NCCCCSC)N1CCC(N2CC=CC2)C1.I. The van der Waals surface area contributed by atoms with Crippen LogP contribution in [0.4, 0.5) is 0 Å². The van der Waals surface area contributed by atoms with E-state index in [-0.39, 0.29) is 24.0 Å². The lowest BCUT2D eigenvalue weighted by atomic mass is 10.2. The summed E-state index contributed by atoms with van der Waals surface area (Å²) in [5.74, 6) is 2.34. The standard InChI is InChI=1S/C15H28N4S.HI/c1-16-15(17-8-3-6-12-20-2)19-11-7-14(13-19)18-9-4-5-10-18;/h4-5,14H,3,6-13H2,1-2H3,(H,16,17);1H. The minimum Gasteiger partial charge on any atom is -0.356 e. The Morgan fingerprint density at radius 1 is 1.33 bits per heavy atom. The van der Waals surface area contributed by atoms with Gasteiger partial charge in [-0.05, 0) is 31.3 Å². The molecule has 0 aromatic carbocycles. The number of guanidine groups is 1. The highest BCUT2D eigenvalue weighted by Crippen LogP contribution is 2.17. The molecule has 0 bridgehead atoms. The van der Waals surface area contributed by atoms with Gasteiger partial charge in [0.15, 0.2) is 5.96 Å². The second-order valence-electron chi connectivity index (χ2n) is 5.49. The van der Waals surface area contributed by atoms with E-state index in [1.807, 2.05) is 18.8 Å². The number of likely N-dealkylation sites (tertiary alicyclic amines) is 1. The number of unbranched alkanes of at least 4 members (excludes halogenated alkanes) is 1. The molecule has 1 atom stereocenters. The number of halogens is 1. The lowest BCUT2D eigenvalue weighted by Gasteiger charge is -2.25. The summed E-state index contributed by atoms with van der Waals surface area (Å²) in [6, 6.07) is 0.694. The molecule has 0 aromatic heterocycles. The van der Waals surface area contributed by atoms with Crippen LogP contribution in [0.15, 0.2) is 17.1 Å². The monoisotopic (exact) mass is 424 g/mol. The highest BCUT2D eigenvalue weighted by Gasteiger charge is 2.29. The predicted octanol–water partition coefficient (Wildman–Crippen LogP) is 2.27. The first-order valence-electron chi connectivity index (χ1n) is 7.68. The number of rotatable bonds is 6. The molecule has 0 amide bonds. The molecule has 2 aliphatic rings. The van der Waals surface area contributed by atoms with E-state index >= 15 is 0 Å². The number of thioether (sulfide) groups is 1. The molecule has 1 N–H and O–H groups in total. The van der Waals surface area contributed by atoms with E-state index in [9.17, 15) is 0 Å². The van der Waals surface area contributed by atoms with Gasteiger partial charge in [-0.1, -0.05) is 12.2 Å². The molecule has 2 heterocycles. The van der Waals surface area contributed by atoms with E-state index in [2.05, 4.69) is 38.5 Å². The van der Waals surface area contributed by atoms with Crippen LogP contribution in [0.3, 0.4) is 0 Å². The molecule has 0 aromatic rings. The Labute approximate surface area is 150 Å². The molecule has 0 radical (unpaired) electrons. The molecule has 21 heavy (non-hydrogen) atoms. The van der Waals surface area contributed by atoms with Gasteiger partial charge in [-0.3, -0.25) is 9.89 Å². The van der Waals surface area contributed by atoms with Crippen LogP contribution in [0.1, 0.15) is 19.3 Å². The van der Waals surface area contributed by atoms with Crippen molar-refractivity contribution >= 4 is 41.7 Å². The summed E-state index contributed by atoms with van der Waals surface area (Å²) < 4.78 is 0. The second kappa shape index (κ2) is 10.7. The van der Waals surface area contributed by atoms with Gasteiger partial charge in [0.2, 0.25) is 0 Å². The minimum absolute atomic E-state index is 0. The maximum Gasteiger partial charge on any atom is 0.193 e. The smallest absolute Gasteiger partial charge is 0.193 e. The fourth-order valence-electron chi connectivity index (χ4n) is 2.93. The zero-order valence-corrected chi connectivity index (χ0v) is 16.4. The fourth-order valence-corrected chi connectivity index (χ4v) is 3.42. The minimum atomic E-state index is 0. The van der Waals surface area contributed by atoms with Crippen molar-refractivity contribution in [1.82, 2.24) is 15.1 Å². The van der Waals surface area contributed by atoms with Crippen LogP contribution >= 0.6 is 35.7 Å². The maximum absolute atomic E-state index is 4.44. The van der Waals surface area contributed by atoms with Crippen molar-refractivity contribution in [3.63, 3.8) is 0 Å². The molecule has 4 nitrogen and oxygen atoms in total. The quantitative estimate of drug-likeness (QED) is 0.233. The van der Waals surface area contributed by atoms with Crippen molar-refractivity contribution in [2.24, 2.45) is 4.99 Å². The number of nitrogens with zero attached hydrogens (tertiary/aromatic N) is 3. The van der Waals surface area contributed by atoms with E-state index in [0.717, 1.165) is 38.7 Å². The largest absolute Gasteiger partial charge is 0.356 e. The summed E-state index contributed by atoms with van der Waals surface area (Å²) in [6.07, 6.45) is 10.5. The fraction of sp³-hybridized carbons (Fsp3) is 0.800. The van der Waals surface area contributed by atoms with Crippen LogP contribution in [0.25, 0.3) is 0 Å². The highest BCUT2D eigenvalue weighted by atomic mass is 127. The summed E-state index contributed by atoms with van der Waals surface area (Å²) in [5, 5.41) is 3.51. The van der Waals surface area contributed by atoms with Gasteiger partial charge in [-0.25, -0.2) is 0 Å². The molecule has 2 rings (SSSR count). The van der Waals surface area contributed by atoms with Crippen LogP contribution in [0.5, 0.6) is 0 Å². The zero-order valence-electron chi connectivity index (χ0n) is 13.3. The third kappa shape index (κ3) is 5.98.